The SMILES string of the molecule is CCCNC(Cc1ccnc(N)c1)C1SCCSC1C. The Balaban J connectivity index is 2.06. The summed E-state index contributed by atoms with van der Waals surface area (Å²) in [6, 6.07) is 4.61. The van der Waals surface area contributed by atoms with Crippen molar-refractivity contribution in [1.82, 2.24) is 10.3 Å². The summed E-state index contributed by atoms with van der Waals surface area (Å²) in [5.41, 5.74) is 7.09. The van der Waals surface area contributed by atoms with Crippen LogP contribution < -0.4 is 11.1 Å². The molecular weight excluding hydrogens is 286 g/mol. The lowest BCUT2D eigenvalue weighted by Gasteiger charge is -2.35. The Kier molecular flexibility index (Phi) is 6.52. The number of thioether (sulfide) groups is 2. The highest BCUT2D eigenvalue weighted by Crippen LogP contribution is 2.34. The van der Waals surface area contributed by atoms with Crippen molar-refractivity contribution in [3.8, 4) is 0 Å². The molecule has 20 heavy (non-hydrogen) atoms. The molecule has 0 bridgehead atoms. The third-order valence-corrected chi connectivity index (χ3v) is 6.84. The van der Waals surface area contributed by atoms with E-state index in [2.05, 4.69) is 53.7 Å². The summed E-state index contributed by atoms with van der Waals surface area (Å²) in [6.07, 6.45) is 4.02. The molecule has 3 unspecified atom stereocenters. The van der Waals surface area contributed by atoms with Gasteiger partial charge in [0.2, 0.25) is 0 Å². The van der Waals surface area contributed by atoms with Crippen molar-refractivity contribution >= 4 is 29.3 Å². The van der Waals surface area contributed by atoms with Crippen molar-refractivity contribution in [3.63, 3.8) is 0 Å². The van der Waals surface area contributed by atoms with Crippen LogP contribution >= 0.6 is 23.5 Å². The fourth-order valence-corrected chi connectivity index (χ4v) is 5.56. The third-order valence-electron chi connectivity index (χ3n) is 3.59. The molecule has 3 nitrogen and oxygen atoms in total. The van der Waals surface area contributed by atoms with E-state index in [0.29, 0.717) is 22.4 Å². The molecule has 0 saturated carbocycles. The van der Waals surface area contributed by atoms with Crippen molar-refractivity contribution in [2.75, 3.05) is 23.8 Å². The normalized spacial score (nSPS) is 24.5. The van der Waals surface area contributed by atoms with Gasteiger partial charge in [0.05, 0.1) is 0 Å². The predicted octanol–water partition coefficient (Wildman–Crippen LogP) is 2.81. The van der Waals surface area contributed by atoms with Crippen LogP contribution in [-0.2, 0) is 6.42 Å². The van der Waals surface area contributed by atoms with Gasteiger partial charge in [-0.1, -0.05) is 13.8 Å². The van der Waals surface area contributed by atoms with Gasteiger partial charge >= 0.3 is 0 Å². The third kappa shape index (κ3) is 4.57. The monoisotopic (exact) mass is 311 g/mol. The molecule has 112 valence electrons. The fraction of sp³-hybridized carbons (Fsp3) is 0.667. The zero-order chi connectivity index (χ0) is 14.4. The molecule has 3 N–H and O–H groups in total. The van der Waals surface area contributed by atoms with Gasteiger partial charge < -0.3 is 11.1 Å². The van der Waals surface area contributed by atoms with Crippen molar-refractivity contribution in [1.29, 1.82) is 0 Å². The molecule has 1 fully saturated rings. The van der Waals surface area contributed by atoms with E-state index >= 15 is 0 Å². The maximum Gasteiger partial charge on any atom is 0.123 e. The van der Waals surface area contributed by atoms with Gasteiger partial charge in [-0.2, -0.15) is 23.5 Å². The topological polar surface area (TPSA) is 50.9 Å². The van der Waals surface area contributed by atoms with Gasteiger partial charge in [0.1, 0.15) is 5.82 Å². The second-order valence-electron chi connectivity index (χ2n) is 5.27. The largest absolute Gasteiger partial charge is 0.384 e. The van der Waals surface area contributed by atoms with Crippen LogP contribution in [0.4, 0.5) is 5.82 Å². The van der Waals surface area contributed by atoms with Gasteiger partial charge in [-0.05, 0) is 37.1 Å². The first-order valence-corrected chi connectivity index (χ1v) is 9.47. The highest BCUT2D eigenvalue weighted by atomic mass is 32.2. The molecule has 1 aromatic heterocycles. The molecule has 1 aliphatic heterocycles. The molecule has 3 atom stereocenters. The van der Waals surface area contributed by atoms with Crippen LogP contribution in [-0.4, -0.2) is 39.6 Å². The zero-order valence-corrected chi connectivity index (χ0v) is 14.0. The van der Waals surface area contributed by atoms with Gasteiger partial charge in [0, 0.05) is 34.2 Å². The molecule has 0 radical (unpaired) electrons. The van der Waals surface area contributed by atoms with Crippen molar-refractivity contribution in [2.24, 2.45) is 0 Å². The molecule has 2 heterocycles. The Bertz CT molecular complexity index is 414. The Hall–Kier alpha value is -0.390. The Morgan fingerprint density at radius 1 is 1.45 bits per heavy atom. The summed E-state index contributed by atoms with van der Waals surface area (Å²) in [5, 5.41) is 5.13. The second kappa shape index (κ2) is 8.15. The van der Waals surface area contributed by atoms with Crippen LogP contribution in [0.1, 0.15) is 25.8 Å². The fourth-order valence-electron chi connectivity index (χ4n) is 2.60. The summed E-state index contributed by atoms with van der Waals surface area (Å²) >= 11 is 4.23. The average molecular weight is 312 g/mol. The van der Waals surface area contributed by atoms with Gasteiger partial charge in [-0.3, -0.25) is 0 Å². The Morgan fingerprint density at radius 2 is 2.25 bits per heavy atom. The first-order valence-electron chi connectivity index (χ1n) is 7.37. The van der Waals surface area contributed by atoms with E-state index in [1.807, 2.05) is 12.3 Å². The number of rotatable bonds is 6. The molecule has 0 amide bonds. The molecule has 0 spiro atoms. The number of aromatic nitrogens is 1. The number of pyridine rings is 1. The summed E-state index contributed by atoms with van der Waals surface area (Å²) < 4.78 is 0. The number of nitrogens with one attached hydrogen (secondary N) is 1. The summed E-state index contributed by atoms with van der Waals surface area (Å²) in [4.78, 5) is 4.08. The molecule has 1 saturated heterocycles. The van der Waals surface area contributed by atoms with Gasteiger partial charge in [-0.25, -0.2) is 4.98 Å². The molecule has 5 heteroatoms. The number of hydrogen-bond donors (Lipinski definition) is 2. The van der Waals surface area contributed by atoms with Crippen LogP contribution in [0, 0.1) is 0 Å². The number of nitrogen functional groups attached to an aromatic ring is 1. The first kappa shape index (κ1) is 16.0. The van der Waals surface area contributed by atoms with Crippen molar-refractivity contribution in [2.45, 2.75) is 43.2 Å². The number of anilines is 1. The second-order valence-corrected chi connectivity index (χ2v) is 8.04. The minimum atomic E-state index is 0.518. The molecular formula is C15H25N3S2. The molecule has 0 aliphatic carbocycles. The quantitative estimate of drug-likeness (QED) is 0.846. The molecule has 1 aliphatic rings. The maximum absolute atomic E-state index is 5.80. The minimum absolute atomic E-state index is 0.518. The van der Waals surface area contributed by atoms with Crippen molar-refractivity contribution in [3.05, 3.63) is 23.9 Å². The van der Waals surface area contributed by atoms with E-state index in [-0.39, 0.29) is 0 Å². The zero-order valence-electron chi connectivity index (χ0n) is 12.3. The van der Waals surface area contributed by atoms with Crippen molar-refractivity contribution < 1.29 is 0 Å². The maximum atomic E-state index is 5.80. The number of nitrogens with two attached hydrogens (primary N) is 1. The van der Waals surface area contributed by atoms with Crippen LogP contribution in [0.3, 0.4) is 0 Å². The van der Waals surface area contributed by atoms with Crippen LogP contribution in [0.25, 0.3) is 0 Å². The minimum Gasteiger partial charge on any atom is -0.384 e. The van der Waals surface area contributed by atoms with E-state index in [1.165, 1.54) is 23.5 Å². The summed E-state index contributed by atoms with van der Waals surface area (Å²) in [5.74, 6) is 3.17. The van der Waals surface area contributed by atoms with Crippen LogP contribution in [0.15, 0.2) is 18.3 Å². The van der Waals surface area contributed by atoms with Crippen LogP contribution in [0.2, 0.25) is 0 Å². The van der Waals surface area contributed by atoms with E-state index in [9.17, 15) is 0 Å². The lowest BCUT2D eigenvalue weighted by Crippen LogP contribution is -2.46. The Morgan fingerprint density at radius 3 is 2.95 bits per heavy atom. The standard InChI is InChI=1S/C15H25N3S2/c1-3-5-17-13(15-11(2)19-7-8-20-15)9-12-4-6-18-14(16)10-12/h4,6,10-11,13,15,17H,3,5,7-9H2,1-2H3,(H2,16,18). The average Bonchev–Trinajstić information content (AvgIpc) is 2.44. The molecule has 0 aromatic carbocycles. The van der Waals surface area contributed by atoms with Crippen LogP contribution in [0.5, 0.6) is 0 Å². The lowest BCUT2D eigenvalue weighted by molar-refractivity contribution is 0.486. The lowest BCUT2D eigenvalue weighted by atomic mass is 10.0. The predicted molar refractivity (Wildman–Crippen MR) is 92.6 cm³/mol. The van der Waals surface area contributed by atoms with E-state index < -0.39 is 0 Å². The van der Waals surface area contributed by atoms with Gasteiger partial charge in [0.15, 0.2) is 0 Å². The highest BCUT2D eigenvalue weighted by Gasteiger charge is 2.30. The summed E-state index contributed by atoms with van der Waals surface area (Å²) in [7, 11) is 0. The smallest absolute Gasteiger partial charge is 0.123 e. The molecule has 2 rings (SSSR count). The summed E-state index contributed by atoms with van der Waals surface area (Å²) in [6.45, 7) is 5.67. The van der Waals surface area contributed by atoms with E-state index in [0.717, 1.165) is 13.0 Å². The van der Waals surface area contributed by atoms with Gasteiger partial charge in [-0.15, -0.1) is 0 Å². The highest BCUT2D eigenvalue weighted by molar-refractivity contribution is 8.07. The number of nitrogens with zero attached hydrogens (tertiary/aromatic N) is 1. The van der Waals surface area contributed by atoms with E-state index in [4.69, 9.17) is 5.73 Å². The van der Waals surface area contributed by atoms with Gasteiger partial charge in [0.25, 0.3) is 0 Å². The first-order chi connectivity index (χ1) is 9.70. The van der Waals surface area contributed by atoms with E-state index in [1.54, 1.807) is 0 Å². The Labute approximate surface area is 130 Å². The number of hydrogen-bond acceptors (Lipinski definition) is 5. The molecule has 1 aromatic rings.